The Balaban J connectivity index is 1.26. The second-order valence-corrected chi connectivity index (χ2v) is 11.3. The van der Waals surface area contributed by atoms with Gasteiger partial charge in [0.2, 0.25) is 0 Å². The SMILES string of the molecule is O=C1N=C(N2CCN(c3cccc(C(F)(F)F)c3)CC2)SC1=Cc1ccccc1OS(=O)(=O)c1ccccc1. The third-order valence-electron chi connectivity index (χ3n) is 6.14. The van der Waals surface area contributed by atoms with Crippen LogP contribution in [0, 0.1) is 0 Å². The third-order valence-corrected chi connectivity index (χ3v) is 8.43. The molecular weight excluding hydrogens is 551 g/mol. The number of amidine groups is 1. The molecule has 0 unspecified atom stereocenters. The molecule has 3 aromatic carbocycles. The highest BCUT2D eigenvalue weighted by Gasteiger charge is 2.32. The molecule has 0 atom stereocenters. The van der Waals surface area contributed by atoms with Gasteiger partial charge in [-0.1, -0.05) is 42.5 Å². The number of aliphatic imine (C=N–C) groups is 1. The number of carbonyl (C=O) groups is 1. The van der Waals surface area contributed by atoms with Crippen LogP contribution in [0.5, 0.6) is 5.75 Å². The minimum atomic E-state index is -4.41. The molecule has 5 rings (SSSR count). The fourth-order valence-electron chi connectivity index (χ4n) is 4.14. The molecule has 0 N–H and O–H groups in total. The number of para-hydroxylation sites is 1. The van der Waals surface area contributed by atoms with Gasteiger partial charge in [0.1, 0.15) is 10.6 Å². The Morgan fingerprint density at radius 3 is 2.26 bits per heavy atom. The van der Waals surface area contributed by atoms with E-state index in [1.54, 1.807) is 42.5 Å². The van der Waals surface area contributed by atoms with Crippen LogP contribution in [0.25, 0.3) is 6.08 Å². The minimum Gasteiger partial charge on any atom is -0.378 e. The molecule has 0 saturated carbocycles. The molecule has 1 saturated heterocycles. The molecule has 2 aliphatic rings. The van der Waals surface area contributed by atoms with Crippen LogP contribution < -0.4 is 9.08 Å². The topological polar surface area (TPSA) is 79.3 Å². The maximum absolute atomic E-state index is 13.1. The number of nitrogens with zero attached hydrogens (tertiary/aromatic N) is 3. The summed E-state index contributed by atoms with van der Waals surface area (Å²) < 4.78 is 70.1. The molecule has 39 heavy (non-hydrogen) atoms. The van der Waals surface area contributed by atoms with E-state index in [-0.39, 0.29) is 10.6 Å². The van der Waals surface area contributed by atoms with Crippen LogP contribution in [-0.2, 0) is 21.1 Å². The van der Waals surface area contributed by atoms with Gasteiger partial charge in [-0.25, -0.2) is 0 Å². The zero-order valence-electron chi connectivity index (χ0n) is 20.3. The molecule has 202 valence electrons. The quantitative estimate of drug-likeness (QED) is 0.304. The second kappa shape index (κ2) is 10.8. The van der Waals surface area contributed by atoms with Gasteiger partial charge < -0.3 is 14.0 Å². The highest BCUT2D eigenvalue weighted by molar-refractivity contribution is 8.18. The molecule has 0 bridgehead atoms. The summed E-state index contributed by atoms with van der Waals surface area (Å²) in [5.41, 5.74) is 0.197. The fourth-order valence-corrected chi connectivity index (χ4v) is 6.07. The van der Waals surface area contributed by atoms with Gasteiger partial charge in [-0.3, -0.25) is 4.79 Å². The molecule has 12 heteroatoms. The van der Waals surface area contributed by atoms with Gasteiger partial charge in [0.25, 0.3) is 5.91 Å². The summed E-state index contributed by atoms with van der Waals surface area (Å²) in [6.45, 7) is 1.86. The molecule has 0 aromatic heterocycles. The number of thioether (sulfide) groups is 1. The number of benzene rings is 3. The van der Waals surface area contributed by atoms with Crippen molar-refractivity contribution in [3.8, 4) is 5.75 Å². The normalized spacial score (nSPS) is 17.5. The lowest BCUT2D eigenvalue weighted by atomic mass is 10.1. The molecule has 0 spiro atoms. The van der Waals surface area contributed by atoms with Gasteiger partial charge in [-0.15, -0.1) is 0 Å². The number of rotatable bonds is 5. The number of piperazine rings is 1. The Hall–Kier alpha value is -3.77. The van der Waals surface area contributed by atoms with Crippen molar-refractivity contribution >= 4 is 44.7 Å². The van der Waals surface area contributed by atoms with Crippen molar-refractivity contribution in [1.82, 2.24) is 4.90 Å². The Bertz CT molecular complexity index is 1550. The predicted octanol–water partition coefficient (Wildman–Crippen LogP) is 5.27. The molecule has 1 amide bonds. The van der Waals surface area contributed by atoms with Gasteiger partial charge in [0.15, 0.2) is 5.17 Å². The number of amides is 1. The van der Waals surface area contributed by atoms with E-state index < -0.39 is 27.8 Å². The predicted molar refractivity (Wildman–Crippen MR) is 144 cm³/mol. The van der Waals surface area contributed by atoms with Gasteiger partial charge in [-0.2, -0.15) is 26.6 Å². The minimum absolute atomic E-state index is 0.00803. The molecule has 0 radical (unpaired) electrons. The van der Waals surface area contributed by atoms with Crippen LogP contribution in [0.2, 0.25) is 0 Å². The number of anilines is 1. The number of halogens is 3. The van der Waals surface area contributed by atoms with E-state index in [0.29, 0.717) is 47.5 Å². The van der Waals surface area contributed by atoms with Crippen LogP contribution in [0.1, 0.15) is 11.1 Å². The van der Waals surface area contributed by atoms with E-state index in [0.717, 1.165) is 23.9 Å². The van der Waals surface area contributed by atoms with E-state index in [9.17, 15) is 26.4 Å². The van der Waals surface area contributed by atoms with Crippen molar-refractivity contribution < 1.29 is 30.6 Å². The Kier molecular flexibility index (Phi) is 7.41. The van der Waals surface area contributed by atoms with Gasteiger partial charge in [0, 0.05) is 37.4 Å². The highest BCUT2D eigenvalue weighted by Crippen LogP contribution is 2.35. The first kappa shape index (κ1) is 26.8. The number of hydrogen-bond acceptors (Lipinski definition) is 7. The number of alkyl halides is 3. The first-order chi connectivity index (χ1) is 18.6. The van der Waals surface area contributed by atoms with Crippen LogP contribution >= 0.6 is 11.8 Å². The second-order valence-electron chi connectivity index (χ2n) is 8.72. The van der Waals surface area contributed by atoms with E-state index in [2.05, 4.69) is 4.99 Å². The molecule has 7 nitrogen and oxygen atoms in total. The van der Waals surface area contributed by atoms with Gasteiger partial charge in [0.05, 0.1) is 10.5 Å². The maximum Gasteiger partial charge on any atom is 0.416 e. The average Bonchev–Trinajstić information content (AvgIpc) is 3.30. The smallest absolute Gasteiger partial charge is 0.378 e. The van der Waals surface area contributed by atoms with Crippen molar-refractivity contribution in [1.29, 1.82) is 0 Å². The van der Waals surface area contributed by atoms with E-state index in [1.165, 1.54) is 30.3 Å². The van der Waals surface area contributed by atoms with Gasteiger partial charge in [-0.05, 0) is 54.2 Å². The first-order valence-electron chi connectivity index (χ1n) is 11.9. The highest BCUT2D eigenvalue weighted by atomic mass is 32.2. The number of carbonyl (C=O) groups excluding carboxylic acids is 1. The average molecular weight is 574 g/mol. The molecule has 0 aliphatic carbocycles. The van der Waals surface area contributed by atoms with Crippen LogP contribution in [0.15, 0.2) is 93.7 Å². The van der Waals surface area contributed by atoms with Crippen molar-refractivity contribution in [2.24, 2.45) is 4.99 Å². The molecular formula is C27H22F3N3O4S2. The Morgan fingerprint density at radius 2 is 1.54 bits per heavy atom. The zero-order chi connectivity index (χ0) is 27.6. The summed E-state index contributed by atoms with van der Waals surface area (Å²) in [6, 6.07) is 19.4. The first-order valence-corrected chi connectivity index (χ1v) is 14.1. The van der Waals surface area contributed by atoms with E-state index >= 15 is 0 Å². The summed E-state index contributed by atoms with van der Waals surface area (Å²) >= 11 is 1.16. The van der Waals surface area contributed by atoms with Crippen LogP contribution in [0.3, 0.4) is 0 Å². The lowest BCUT2D eigenvalue weighted by Crippen LogP contribution is -2.47. The van der Waals surface area contributed by atoms with Crippen molar-refractivity contribution in [3.05, 3.63) is 94.9 Å². The molecule has 2 heterocycles. The largest absolute Gasteiger partial charge is 0.416 e. The summed E-state index contributed by atoms with van der Waals surface area (Å²) in [5.74, 6) is -0.388. The molecule has 2 aliphatic heterocycles. The van der Waals surface area contributed by atoms with Crippen molar-refractivity contribution in [2.45, 2.75) is 11.1 Å². The van der Waals surface area contributed by atoms with Gasteiger partial charge >= 0.3 is 16.3 Å². The molecule has 1 fully saturated rings. The summed E-state index contributed by atoms with van der Waals surface area (Å²) in [5, 5.41) is 0.491. The number of hydrogen-bond donors (Lipinski definition) is 0. The lowest BCUT2D eigenvalue weighted by molar-refractivity contribution is -0.137. The summed E-state index contributed by atoms with van der Waals surface area (Å²) in [6.07, 6.45) is -2.87. The fraction of sp³-hybridized carbons (Fsp3) is 0.185. The monoisotopic (exact) mass is 573 g/mol. The van der Waals surface area contributed by atoms with Crippen LogP contribution in [-0.4, -0.2) is 50.6 Å². The third kappa shape index (κ3) is 6.12. The van der Waals surface area contributed by atoms with Crippen LogP contribution in [0.4, 0.5) is 18.9 Å². The maximum atomic E-state index is 13.1. The van der Waals surface area contributed by atoms with E-state index in [1.807, 2.05) is 9.80 Å². The van der Waals surface area contributed by atoms with E-state index in [4.69, 9.17) is 4.18 Å². The molecule has 3 aromatic rings. The van der Waals surface area contributed by atoms with Crippen molar-refractivity contribution in [2.75, 3.05) is 31.1 Å². The lowest BCUT2D eigenvalue weighted by Gasteiger charge is -2.36. The zero-order valence-corrected chi connectivity index (χ0v) is 22.0. The summed E-state index contributed by atoms with van der Waals surface area (Å²) in [7, 11) is -4.07. The Labute approximate surface area is 227 Å². The Morgan fingerprint density at radius 1 is 0.872 bits per heavy atom. The summed E-state index contributed by atoms with van der Waals surface area (Å²) in [4.78, 5) is 20.9. The standard InChI is InChI=1S/C27H22F3N3O4S2/c28-27(29,30)20-8-6-9-21(18-20)32-13-15-33(16-14-32)26-31-25(34)24(38-26)17-19-7-4-5-12-23(19)37-39(35,36)22-10-2-1-3-11-22/h1-12,17-18H,13-16H2. The van der Waals surface area contributed by atoms with Crippen molar-refractivity contribution in [3.63, 3.8) is 0 Å².